The van der Waals surface area contributed by atoms with Crippen LogP contribution in [-0.4, -0.2) is 108 Å². The highest BCUT2D eigenvalue weighted by atomic mass is 16.8. The third-order valence-corrected chi connectivity index (χ3v) is 10.5. The second-order valence-corrected chi connectivity index (χ2v) is 13.6. The van der Waals surface area contributed by atoms with Gasteiger partial charge in [-0.25, -0.2) is 0 Å². The molecule has 5 aliphatic heterocycles. The van der Waals surface area contributed by atoms with Crippen molar-refractivity contribution in [3.63, 3.8) is 0 Å². The number of nitrogens with one attached hydrogen (secondary N) is 1. The summed E-state index contributed by atoms with van der Waals surface area (Å²) in [6, 6.07) is -0.429. The molecule has 5 rings (SSSR count). The Morgan fingerprint density at radius 2 is 1.80 bits per heavy atom. The Hall–Kier alpha value is -0.890. The van der Waals surface area contributed by atoms with E-state index in [9.17, 15) is 15.0 Å². The predicted molar refractivity (Wildman–Crippen MR) is 144 cm³/mol. The monoisotopic (exact) mass is 570 g/mol. The van der Waals surface area contributed by atoms with E-state index in [1.165, 1.54) is 0 Å². The summed E-state index contributed by atoms with van der Waals surface area (Å²) in [6.45, 7) is 13.9. The second-order valence-electron chi connectivity index (χ2n) is 13.6. The molecule has 5 saturated heterocycles. The molecule has 0 aliphatic carbocycles. The normalized spacial score (nSPS) is 55.0. The Bertz CT molecular complexity index is 954. The van der Waals surface area contributed by atoms with Crippen LogP contribution in [0.1, 0.15) is 67.7 Å². The van der Waals surface area contributed by atoms with Gasteiger partial charge in [-0.05, 0) is 61.1 Å². The van der Waals surface area contributed by atoms with Crippen molar-refractivity contribution in [3.05, 3.63) is 0 Å². The topological polar surface area (TPSA) is 128 Å². The van der Waals surface area contributed by atoms with Crippen molar-refractivity contribution < 1.29 is 43.5 Å². The molecule has 5 fully saturated rings. The fourth-order valence-electron chi connectivity index (χ4n) is 8.26. The van der Waals surface area contributed by atoms with Crippen LogP contribution in [0, 0.1) is 23.7 Å². The number of aliphatic hydroxyl groups excluding tert-OH is 2. The lowest BCUT2D eigenvalue weighted by Crippen LogP contribution is -2.59. The molecular formula is C29H50N2O9. The molecule has 0 radical (unpaired) electrons. The molecule has 0 aromatic rings. The highest BCUT2D eigenvalue weighted by Crippen LogP contribution is 2.60. The van der Waals surface area contributed by atoms with Gasteiger partial charge in [-0.1, -0.05) is 20.8 Å². The van der Waals surface area contributed by atoms with Crippen molar-refractivity contribution in [1.29, 1.82) is 0 Å². The summed E-state index contributed by atoms with van der Waals surface area (Å²) >= 11 is 0. The van der Waals surface area contributed by atoms with E-state index in [1.54, 1.807) is 6.92 Å². The zero-order valence-electron chi connectivity index (χ0n) is 25.5. The van der Waals surface area contributed by atoms with Crippen LogP contribution in [0.5, 0.6) is 0 Å². The number of ether oxygens (including phenoxy) is 5. The van der Waals surface area contributed by atoms with Gasteiger partial charge in [0.15, 0.2) is 12.1 Å². The number of rotatable bonds is 4. The van der Waals surface area contributed by atoms with Crippen molar-refractivity contribution >= 4 is 5.97 Å². The first-order valence-electron chi connectivity index (χ1n) is 15.0. The van der Waals surface area contributed by atoms with E-state index in [0.29, 0.717) is 25.9 Å². The maximum Gasteiger partial charge on any atom is 0.311 e. The lowest BCUT2D eigenvalue weighted by atomic mass is 9.77. The van der Waals surface area contributed by atoms with E-state index in [4.69, 9.17) is 28.5 Å². The molecule has 230 valence electrons. The summed E-state index contributed by atoms with van der Waals surface area (Å²) in [5.41, 5.74) is 1.29. The number of hydrogen-bond donors (Lipinski definition) is 3. The molecule has 11 heteroatoms. The minimum absolute atomic E-state index is 0.0669. The lowest BCUT2D eigenvalue weighted by Gasteiger charge is -2.47. The van der Waals surface area contributed by atoms with Crippen LogP contribution < -0.4 is 5.48 Å². The summed E-state index contributed by atoms with van der Waals surface area (Å²) in [4.78, 5) is 21.2. The number of likely N-dealkylation sites (N-methyl/N-ethyl adjacent to an activating group) is 1. The van der Waals surface area contributed by atoms with Gasteiger partial charge < -0.3 is 43.6 Å². The number of aliphatic hydroxyl groups is 2. The molecule has 5 aliphatic rings. The van der Waals surface area contributed by atoms with E-state index in [-0.39, 0.29) is 30.0 Å². The van der Waals surface area contributed by atoms with Crippen LogP contribution in [0.3, 0.4) is 0 Å². The highest BCUT2D eigenvalue weighted by Gasteiger charge is 2.73. The van der Waals surface area contributed by atoms with Crippen LogP contribution in [0.25, 0.3) is 0 Å². The summed E-state index contributed by atoms with van der Waals surface area (Å²) < 4.78 is 33.0. The van der Waals surface area contributed by atoms with Gasteiger partial charge in [0.25, 0.3) is 0 Å². The smallest absolute Gasteiger partial charge is 0.311 e. The molecule has 3 bridgehead atoms. The zero-order valence-corrected chi connectivity index (χ0v) is 25.5. The molecule has 0 saturated carbocycles. The quantitative estimate of drug-likeness (QED) is 0.426. The fourth-order valence-corrected chi connectivity index (χ4v) is 8.26. The molecule has 0 aromatic carbocycles. The van der Waals surface area contributed by atoms with Crippen molar-refractivity contribution in [3.8, 4) is 0 Å². The van der Waals surface area contributed by atoms with Crippen molar-refractivity contribution in [1.82, 2.24) is 10.4 Å². The van der Waals surface area contributed by atoms with E-state index in [1.807, 2.05) is 53.6 Å². The summed E-state index contributed by atoms with van der Waals surface area (Å²) in [5, 5.41) is 22.9. The Morgan fingerprint density at radius 1 is 1.10 bits per heavy atom. The predicted octanol–water partition coefficient (Wildman–Crippen LogP) is 1.59. The fraction of sp³-hybridized carbons (Fsp3) is 0.966. The number of hydroxylamine groups is 1. The van der Waals surface area contributed by atoms with Crippen LogP contribution >= 0.6 is 0 Å². The number of carbonyl (C=O) groups is 1. The van der Waals surface area contributed by atoms with Gasteiger partial charge in [-0.2, -0.15) is 5.48 Å². The summed E-state index contributed by atoms with van der Waals surface area (Å²) in [7, 11) is 3.86. The largest absolute Gasteiger partial charge is 0.459 e. The third-order valence-electron chi connectivity index (χ3n) is 10.5. The number of nitrogens with zero attached hydrogens (tertiary/aromatic N) is 1. The molecule has 0 aromatic heterocycles. The Kier molecular flexibility index (Phi) is 8.16. The number of cyclic esters (lactones) is 1. The number of carbonyl (C=O) groups excluding carboxylic acids is 1. The van der Waals surface area contributed by atoms with Gasteiger partial charge in [-0.15, -0.1) is 0 Å². The number of esters is 1. The van der Waals surface area contributed by atoms with Crippen molar-refractivity contribution in [2.75, 3.05) is 20.7 Å². The van der Waals surface area contributed by atoms with Gasteiger partial charge in [-0.3, -0.25) is 4.79 Å². The SMILES string of the molecule is CC[C@H]1OC(=O)[C@H](C)[C@@H](O)[C@H](C)[C@@H](O[C@@H]2O[C@H](C)C[C@H](N(C)C)[C@H]2O)[C@@]2(C)C[C@@H](C)C3(OC1(C)C1NOCC13)O2. The van der Waals surface area contributed by atoms with Crippen LogP contribution in [0.4, 0.5) is 0 Å². The van der Waals surface area contributed by atoms with Gasteiger partial charge in [0.05, 0.1) is 48.4 Å². The van der Waals surface area contributed by atoms with E-state index >= 15 is 0 Å². The molecule has 4 unspecified atom stereocenters. The van der Waals surface area contributed by atoms with Crippen LogP contribution in [0.15, 0.2) is 0 Å². The third kappa shape index (κ3) is 4.64. The number of fused-ring (bicyclic) bond motifs is 4. The first-order valence-corrected chi connectivity index (χ1v) is 15.0. The first kappa shape index (κ1) is 30.6. The Balaban J connectivity index is 1.57. The second kappa shape index (κ2) is 10.7. The average molecular weight is 571 g/mol. The van der Waals surface area contributed by atoms with Gasteiger partial charge in [0.1, 0.15) is 17.8 Å². The van der Waals surface area contributed by atoms with Crippen molar-refractivity contribution in [2.45, 2.75) is 134 Å². The molecule has 3 N–H and O–H groups in total. The molecule has 5 heterocycles. The van der Waals surface area contributed by atoms with Gasteiger partial charge in [0, 0.05) is 17.9 Å². The number of hydrogen-bond acceptors (Lipinski definition) is 11. The molecule has 15 atom stereocenters. The van der Waals surface area contributed by atoms with Crippen molar-refractivity contribution in [2.24, 2.45) is 23.7 Å². The molecule has 0 amide bonds. The van der Waals surface area contributed by atoms with Crippen LogP contribution in [-0.2, 0) is 33.3 Å². The lowest BCUT2D eigenvalue weighted by molar-refractivity contribution is -0.340. The first-order chi connectivity index (χ1) is 18.7. The molecule has 1 spiro atoms. The Morgan fingerprint density at radius 3 is 2.45 bits per heavy atom. The minimum atomic E-state index is -1.09. The molecular weight excluding hydrogens is 520 g/mol. The van der Waals surface area contributed by atoms with Gasteiger partial charge in [0.2, 0.25) is 0 Å². The summed E-state index contributed by atoms with van der Waals surface area (Å²) in [6.07, 6.45) is -2.63. The highest BCUT2D eigenvalue weighted by molar-refractivity contribution is 5.73. The van der Waals surface area contributed by atoms with E-state index < -0.39 is 65.5 Å². The molecule has 40 heavy (non-hydrogen) atoms. The zero-order chi connectivity index (χ0) is 29.4. The average Bonchev–Trinajstić information content (AvgIpc) is 3.55. The summed E-state index contributed by atoms with van der Waals surface area (Å²) in [5.74, 6) is -3.14. The van der Waals surface area contributed by atoms with Crippen LogP contribution in [0.2, 0.25) is 0 Å². The standard InChI is InChI=1S/C29H50N2O9/c1-10-20-28(7)23-18(13-35-30-23)29(40-28)14(2)12-27(6,39-29)24(16(4)21(32)17(5)25(34)37-20)38-26-22(33)19(31(8)9)11-15(3)36-26/h14-24,26,30,32-33H,10-13H2,1-9H3/t14-,15-,16+,17-,18?,19+,20-,21+,22-,23?,24-,26+,27-,28?,29?/m1/s1. The Labute approximate surface area is 238 Å². The maximum absolute atomic E-state index is 13.5. The maximum atomic E-state index is 13.5. The van der Waals surface area contributed by atoms with Gasteiger partial charge >= 0.3 is 5.97 Å². The van der Waals surface area contributed by atoms with E-state index in [0.717, 1.165) is 0 Å². The van der Waals surface area contributed by atoms with E-state index in [2.05, 4.69) is 12.4 Å². The minimum Gasteiger partial charge on any atom is -0.459 e. The molecule has 11 nitrogen and oxygen atoms in total.